The van der Waals surface area contributed by atoms with E-state index in [1.807, 2.05) is 51.1 Å². The van der Waals surface area contributed by atoms with Crippen molar-refractivity contribution < 1.29 is 19.0 Å². The highest BCUT2D eigenvalue weighted by Gasteiger charge is 2.22. The van der Waals surface area contributed by atoms with Crippen molar-refractivity contribution in [3.05, 3.63) is 99.6 Å². The second-order valence-corrected chi connectivity index (χ2v) is 17.0. The van der Waals surface area contributed by atoms with Crippen LogP contribution in [0.15, 0.2) is 77.4 Å². The van der Waals surface area contributed by atoms with E-state index in [4.69, 9.17) is 19.9 Å². The van der Waals surface area contributed by atoms with E-state index in [9.17, 15) is 14.4 Å². The Morgan fingerprint density at radius 1 is 0.797 bits per heavy atom. The fourth-order valence-corrected chi connectivity index (χ4v) is 7.33. The minimum absolute atomic E-state index is 0.00176. The summed E-state index contributed by atoms with van der Waals surface area (Å²) in [6, 6.07) is 11.4. The molecule has 6 rings (SSSR count). The Morgan fingerprint density at radius 2 is 1.32 bits per heavy atom. The second kappa shape index (κ2) is 18.9. The van der Waals surface area contributed by atoms with Gasteiger partial charge in [-0.1, -0.05) is 47.3 Å². The van der Waals surface area contributed by atoms with Crippen LogP contribution in [0.5, 0.6) is 11.5 Å². The van der Waals surface area contributed by atoms with Gasteiger partial charge in [0.1, 0.15) is 30.3 Å². The molecule has 0 aliphatic heterocycles. The molecule has 0 unspecified atom stereocenters. The van der Waals surface area contributed by atoms with Gasteiger partial charge in [0.15, 0.2) is 0 Å². The van der Waals surface area contributed by atoms with E-state index in [0.29, 0.717) is 35.0 Å². The Hall–Kier alpha value is -5.75. The number of hydrogen-bond donors (Lipinski definition) is 2. The van der Waals surface area contributed by atoms with E-state index in [-0.39, 0.29) is 29.8 Å². The van der Waals surface area contributed by atoms with Crippen molar-refractivity contribution in [1.82, 2.24) is 24.4 Å². The lowest BCUT2D eigenvalue weighted by atomic mass is 10.0. The minimum Gasteiger partial charge on any atom is -0.492 e. The molecule has 4 heterocycles. The summed E-state index contributed by atoms with van der Waals surface area (Å²) >= 11 is 0. The molecular formula is C47H60N6O6. The van der Waals surface area contributed by atoms with Gasteiger partial charge in [-0.25, -0.2) is 4.79 Å². The van der Waals surface area contributed by atoms with Gasteiger partial charge in [-0.15, -0.1) is 0 Å². The van der Waals surface area contributed by atoms with E-state index in [1.165, 1.54) is 0 Å². The number of nitrogens with two attached hydrogens (primary N) is 1. The van der Waals surface area contributed by atoms with Crippen molar-refractivity contribution in [2.24, 2.45) is 31.7 Å². The van der Waals surface area contributed by atoms with Crippen LogP contribution in [-0.4, -0.2) is 56.1 Å². The summed E-state index contributed by atoms with van der Waals surface area (Å²) in [5.41, 5.74) is 8.95. The van der Waals surface area contributed by atoms with Crippen molar-refractivity contribution in [3.8, 4) is 11.5 Å². The van der Waals surface area contributed by atoms with Crippen molar-refractivity contribution in [2.75, 3.05) is 13.2 Å². The van der Waals surface area contributed by atoms with Crippen LogP contribution in [0.1, 0.15) is 79.4 Å². The maximum Gasteiger partial charge on any atom is 0.407 e. The highest BCUT2D eigenvalue weighted by atomic mass is 16.6. The minimum atomic E-state index is -0.579. The number of ether oxygens (including phenoxy) is 3. The van der Waals surface area contributed by atoms with Crippen LogP contribution in [0.3, 0.4) is 0 Å². The summed E-state index contributed by atoms with van der Waals surface area (Å²) in [5, 5.41) is 7.84. The molecular weight excluding hydrogens is 745 g/mol. The number of carbonyl (C=O) groups excluding carboxylic acids is 1. The largest absolute Gasteiger partial charge is 0.492 e. The van der Waals surface area contributed by atoms with Crippen LogP contribution in [0.2, 0.25) is 0 Å². The Bertz CT molecular complexity index is 2590. The summed E-state index contributed by atoms with van der Waals surface area (Å²) in [5.74, 6) is 2.30. The van der Waals surface area contributed by atoms with E-state index < -0.39 is 11.7 Å². The quantitative estimate of drug-likeness (QED) is 0.110. The molecule has 2 atom stereocenters. The third-order valence-electron chi connectivity index (χ3n) is 10.1. The molecule has 12 heteroatoms. The zero-order valence-electron chi connectivity index (χ0n) is 36.2. The first kappa shape index (κ1) is 44.4. The summed E-state index contributed by atoms with van der Waals surface area (Å²) < 4.78 is 20.9. The number of amides is 1. The number of pyridine rings is 4. The molecule has 0 bridgehead atoms. The van der Waals surface area contributed by atoms with Gasteiger partial charge in [0, 0.05) is 73.4 Å². The predicted octanol–water partition coefficient (Wildman–Crippen LogP) is 8.45. The molecule has 12 nitrogen and oxygen atoms in total. The van der Waals surface area contributed by atoms with Crippen LogP contribution in [0, 0.1) is 11.8 Å². The number of nitrogens with one attached hydrogen (secondary N) is 1. The first-order chi connectivity index (χ1) is 27.9. The van der Waals surface area contributed by atoms with E-state index in [1.54, 1.807) is 54.1 Å². The highest BCUT2D eigenvalue weighted by molar-refractivity contribution is 6.07. The first-order valence-electron chi connectivity index (χ1n) is 20.3. The maximum atomic E-state index is 12.8. The van der Waals surface area contributed by atoms with Gasteiger partial charge in [0.05, 0.1) is 27.8 Å². The van der Waals surface area contributed by atoms with E-state index in [2.05, 4.69) is 62.5 Å². The van der Waals surface area contributed by atoms with Crippen molar-refractivity contribution in [2.45, 2.75) is 92.3 Å². The molecule has 0 radical (unpaired) electrons. The van der Waals surface area contributed by atoms with Gasteiger partial charge in [-0.2, -0.15) is 0 Å². The third kappa shape index (κ3) is 10.7. The fourth-order valence-electron chi connectivity index (χ4n) is 7.33. The highest BCUT2D eigenvalue weighted by Crippen LogP contribution is 2.32. The van der Waals surface area contributed by atoms with Gasteiger partial charge < -0.3 is 34.4 Å². The van der Waals surface area contributed by atoms with Crippen LogP contribution in [0.25, 0.3) is 49.4 Å². The maximum absolute atomic E-state index is 12.8. The number of rotatable bonds is 13. The van der Waals surface area contributed by atoms with Crippen LogP contribution < -0.4 is 31.6 Å². The number of alkyl carbamates (subject to hydrolysis) is 1. The van der Waals surface area contributed by atoms with Gasteiger partial charge >= 0.3 is 6.09 Å². The molecule has 1 amide bonds. The number of carbonyl (C=O) groups is 1. The summed E-state index contributed by atoms with van der Waals surface area (Å²) in [4.78, 5) is 46.0. The van der Waals surface area contributed by atoms with Crippen molar-refractivity contribution in [1.29, 1.82) is 0 Å². The summed E-state index contributed by atoms with van der Waals surface area (Å²) in [6.07, 6.45) is 10.4. The molecule has 0 aliphatic carbocycles. The number of benzene rings is 2. The molecule has 314 valence electrons. The molecule has 3 N–H and O–H groups in total. The molecule has 2 aromatic carbocycles. The molecule has 6 aromatic rings. The number of aryl methyl sites for hydroxylation is 3. The normalized spacial score (nSPS) is 12.8. The Kier molecular flexibility index (Phi) is 14.2. The van der Waals surface area contributed by atoms with Gasteiger partial charge in [-0.3, -0.25) is 19.6 Å². The number of fused-ring (bicyclic) bond motifs is 6. The zero-order valence-corrected chi connectivity index (χ0v) is 36.2. The molecule has 4 aromatic heterocycles. The third-order valence-corrected chi connectivity index (χ3v) is 10.1. The van der Waals surface area contributed by atoms with E-state index in [0.717, 1.165) is 68.7 Å². The van der Waals surface area contributed by atoms with Crippen molar-refractivity contribution >= 4 is 55.5 Å². The van der Waals surface area contributed by atoms with Gasteiger partial charge in [0.25, 0.3) is 11.1 Å². The zero-order chi connectivity index (χ0) is 43.2. The van der Waals surface area contributed by atoms with Crippen LogP contribution >= 0.6 is 0 Å². The summed E-state index contributed by atoms with van der Waals surface area (Å²) in [7, 11) is 3.52. The number of hydrogen-bond acceptors (Lipinski definition) is 9. The lowest BCUT2D eigenvalue weighted by Gasteiger charge is -2.25. The van der Waals surface area contributed by atoms with Crippen LogP contribution in [-0.2, 0) is 25.3 Å². The lowest BCUT2D eigenvalue weighted by molar-refractivity contribution is 0.0480. The molecule has 0 fully saturated rings. The van der Waals surface area contributed by atoms with Crippen LogP contribution in [0.4, 0.5) is 4.79 Å². The smallest absolute Gasteiger partial charge is 0.407 e. The Balaban J connectivity index is 0.000000230. The van der Waals surface area contributed by atoms with Gasteiger partial charge in [0.2, 0.25) is 0 Å². The van der Waals surface area contributed by atoms with E-state index >= 15 is 0 Å². The average molecular weight is 805 g/mol. The molecule has 0 saturated heterocycles. The average Bonchev–Trinajstić information content (AvgIpc) is 3.18. The topological polar surface area (TPSA) is 153 Å². The monoisotopic (exact) mass is 804 g/mol. The van der Waals surface area contributed by atoms with Crippen molar-refractivity contribution in [3.63, 3.8) is 0 Å². The predicted molar refractivity (Wildman–Crippen MR) is 239 cm³/mol. The molecule has 0 spiro atoms. The Labute approximate surface area is 346 Å². The summed E-state index contributed by atoms with van der Waals surface area (Å²) in [6.45, 7) is 20.7. The lowest BCUT2D eigenvalue weighted by Crippen LogP contribution is -2.42. The fraction of sp³-hybridized carbons (Fsp3) is 0.426. The second-order valence-electron chi connectivity index (χ2n) is 17.0. The molecule has 0 aliphatic rings. The Morgan fingerprint density at radius 3 is 1.83 bits per heavy atom. The standard InChI is InChI=1S/C26H33N3O4.C21H27N3O2/c1-8-17-12-20-19-9-10-27-14-21(19)24(30)29(7)22(20)13-23(17)32-15-18(11-16(2)3)28-25(31)33-26(4,5)6;1-5-14-9-17-16-6-7-23-11-18(16)21(25)24(4)19(17)10-20(14)26-12-15(22)8-13(2)3/h8-10,12-14,16,18H,1,11,15H2,2-7H3,(H,28,31);6-7,9-11,13,15H,5,8,12,22H2,1-4H3/t18-;15-/m00/s1. The first-order valence-corrected chi connectivity index (χ1v) is 20.3. The number of nitrogens with zero attached hydrogens (tertiary/aromatic N) is 4. The molecule has 59 heavy (non-hydrogen) atoms. The molecule has 0 saturated carbocycles. The SMILES string of the molecule is C=Cc1cc2c3ccncc3c(=O)n(C)c2cc1OC[C@H](CC(C)C)NC(=O)OC(C)(C)C.CCc1cc2c3ccncc3c(=O)n(C)c2cc1OC[C@@H](N)CC(C)C. The van der Waals surface area contributed by atoms with Gasteiger partial charge in [-0.05, 0) is 92.5 Å². The number of aromatic nitrogens is 4.